The standard InChI is InChI=1S/C13H13F2NO4S/c14-9-2-1-8(5-10(9)15)21-6-11(17)16-13(12(18)19)3-4-20-7-13/h1-2,5H,3-4,6-7H2,(H,16,17)(H,18,19). The van der Waals surface area contributed by atoms with Crippen molar-refractivity contribution in [3.05, 3.63) is 29.8 Å². The Hall–Kier alpha value is -1.67. The third-order valence-electron chi connectivity index (χ3n) is 3.07. The van der Waals surface area contributed by atoms with Crippen LogP contribution in [0.1, 0.15) is 6.42 Å². The molecule has 2 rings (SSSR count). The van der Waals surface area contributed by atoms with Gasteiger partial charge in [-0.25, -0.2) is 13.6 Å². The molecule has 21 heavy (non-hydrogen) atoms. The van der Waals surface area contributed by atoms with Crippen molar-refractivity contribution in [2.75, 3.05) is 19.0 Å². The predicted molar refractivity (Wildman–Crippen MR) is 71.0 cm³/mol. The minimum atomic E-state index is -1.40. The Morgan fingerprint density at radius 1 is 1.38 bits per heavy atom. The topological polar surface area (TPSA) is 75.6 Å². The van der Waals surface area contributed by atoms with Gasteiger partial charge in [-0.3, -0.25) is 4.79 Å². The number of nitrogens with one attached hydrogen (secondary N) is 1. The number of hydrogen-bond donors (Lipinski definition) is 2. The van der Waals surface area contributed by atoms with Crippen molar-refractivity contribution in [3.8, 4) is 0 Å². The van der Waals surface area contributed by atoms with Crippen LogP contribution < -0.4 is 5.32 Å². The second-order valence-corrected chi connectivity index (χ2v) is 5.65. The normalized spacial score (nSPS) is 21.2. The van der Waals surface area contributed by atoms with Crippen LogP contribution in [0, 0.1) is 11.6 Å². The van der Waals surface area contributed by atoms with Crippen molar-refractivity contribution in [1.29, 1.82) is 0 Å². The lowest BCUT2D eigenvalue weighted by molar-refractivity contribution is -0.147. The number of carbonyl (C=O) groups excluding carboxylic acids is 1. The van der Waals surface area contributed by atoms with E-state index in [1.165, 1.54) is 6.07 Å². The average Bonchev–Trinajstić information content (AvgIpc) is 2.90. The van der Waals surface area contributed by atoms with Crippen LogP contribution in [-0.2, 0) is 14.3 Å². The summed E-state index contributed by atoms with van der Waals surface area (Å²) in [5.74, 6) is -3.70. The van der Waals surface area contributed by atoms with E-state index in [9.17, 15) is 23.5 Å². The van der Waals surface area contributed by atoms with Crippen LogP contribution in [0.2, 0.25) is 0 Å². The molecule has 1 saturated heterocycles. The van der Waals surface area contributed by atoms with Crippen molar-refractivity contribution >= 4 is 23.6 Å². The average molecular weight is 317 g/mol. The maximum Gasteiger partial charge on any atom is 0.331 e. The molecule has 0 bridgehead atoms. The van der Waals surface area contributed by atoms with Crippen LogP contribution in [0.25, 0.3) is 0 Å². The second-order valence-electron chi connectivity index (χ2n) is 4.60. The molecule has 0 aromatic heterocycles. The lowest BCUT2D eigenvalue weighted by Crippen LogP contribution is -2.55. The van der Waals surface area contributed by atoms with E-state index in [1.54, 1.807) is 0 Å². The van der Waals surface area contributed by atoms with E-state index < -0.39 is 29.0 Å². The smallest absolute Gasteiger partial charge is 0.331 e. The van der Waals surface area contributed by atoms with E-state index in [4.69, 9.17) is 4.74 Å². The quantitative estimate of drug-likeness (QED) is 0.803. The number of halogens is 2. The summed E-state index contributed by atoms with van der Waals surface area (Å²) in [5.41, 5.74) is -1.40. The summed E-state index contributed by atoms with van der Waals surface area (Å²) < 4.78 is 30.8. The molecule has 8 heteroatoms. The lowest BCUT2D eigenvalue weighted by atomic mass is 9.99. The number of carboxylic acid groups (broad SMARTS) is 1. The Kier molecular flexibility index (Phi) is 4.79. The van der Waals surface area contributed by atoms with Gasteiger partial charge in [-0.05, 0) is 18.2 Å². The van der Waals surface area contributed by atoms with Gasteiger partial charge in [0.1, 0.15) is 0 Å². The summed E-state index contributed by atoms with van der Waals surface area (Å²) in [6.45, 7) is 0.187. The Labute approximate surface area is 123 Å². The zero-order valence-corrected chi connectivity index (χ0v) is 11.7. The molecule has 1 aliphatic heterocycles. The maximum absolute atomic E-state index is 13.0. The SMILES string of the molecule is O=C(CSc1ccc(F)c(F)c1)NC1(C(=O)O)CCOC1. The van der Waals surface area contributed by atoms with Gasteiger partial charge in [0.15, 0.2) is 17.2 Å². The number of ether oxygens (including phenoxy) is 1. The van der Waals surface area contributed by atoms with Crippen LogP contribution in [0.3, 0.4) is 0 Å². The summed E-state index contributed by atoms with van der Waals surface area (Å²) in [4.78, 5) is 23.4. The third kappa shape index (κ3) is 3.70. The first-order valence-corrected chi connectivity index (χ1v) is 7.11. The van der Waals surface area contributed by atoms with Gasteiger partial charge in [0.05, 0.1) is 12.4 Å². The molecule has 0 radical (unpaired) electrons. The zero-order chi connectivity index (χ0) is 15.5. The highest BCUT2D eigenvalue weighted by molar-refractivity contribution is 8.00. The molecule has 0 saturated carbocycles. The summed E-state index contributed by atoms with van der Waals surface area (Å²) in [5, 5.41) is 11.6. The molecule has 0 aliphatic carbocycles. The van der Waals surface area contributed by atoms with Crippen molar-refractivity contribution < 1.29 is 28.2 Å². The molecule has 1 unspecified atom stereocenters. The summed E-state index contributed by atoms with van der Waals surface area (Å²) in [6.07, 6.45) is 0.198. The van der Waals surface area contributed by atoms with Gasteiger partial charge in [0.25, 0.3) is 0 Å². The molecule has 114 valence electrons. The van der Waals surface area contributed by atoms with E-state index in [-0.39, 0.29) is 25.4 Å². The molecule has 5 nitrogen and oxygen atoms in total. The zero-order valence-electron chi connectivity index (χ0n) is 10.9. The molecule has 1 atom stereocenters. The number of aliphatic carboxylic acids is 1. The maximum atomic E-state index is 13.0. The summed E-state index contributed by atoms with van der Waals surface area (Å²) in [6, 6.07) is 3.31. The van der Waals surface area contributed by atoms with E-state index in [0.717, 1.165) is 23.9 Å². The van der Waals surface area contributed by atoms with E-state index in [1.807, 2.05) is 0 Å². The van der Waals surface area contributed by atoms with Crippen molar-refractivity contribution in [3.63, 3.8) is 0 Å². The third-order valence-corrected chi connectivity index (χ3v) is 4.06. The van der Waals surface area contributed by atoms with Gasteiger partial charge < -0.3 is 15.2 Å². The lowest BCUT2D eigenvalue weighted by Gasteiger charge is -2.23. The number of rotatable bonds is 5. The van der Waals surface area contributed by atoms with Crippen LogP contribution >= 0.6 is 11.8 Å². The Morgan fingerprint density at radius 3 is 2.71 bits per heavy atom. The van der Waals surface area contributed by atoms with Crippen molar-refractivity contribution in [2.45, 2.75) is 16.9 Å². The molecule has 1 aliphatic rings. The molecule has 1 aromatic carbocycles. The summed E-state index contributed by atoms with van der Waals surface area (Å²) in [7, 11) is 0. The van der Waals surface area contributed by atoms with Gasteiger partial charge in [-0.2, -0.15) is 0 Å². The minimum absolute atomic E-state index is 0.0794. The number of carbonyl (C=O) groups is 2. The minimum Gasteiger partial charge on any atom is -0.479 e. The van der Waals surface area contributed by atoms with Crippen LogP contribution in [0.15, 0.2) is 23.1 Å². The Balaban J connectivity index is 1.92. The fourth-order valence-corrected chi connectivity index (χ4v) is 2.63. The Bertz CT molecular complexity index is 561. The molecule has 1 fully saturated rings. The van der Waals surface area contributed by atoms with E-state index >= 15 is 0 Å². The largest absolute Gasteiger partial charge is 0.479 e. The first-order chi connectivity index (χ1) is 9.93. The molecule has 1 aromatic rings. The highest BCUT2D eigenvalue weighted by atomic mass is 32.2. The highest BCUT2D eigenvalue weighted by Crippen LogP contribution is 2.22. The molecular formula is C13H13F2NO4S. The van der Waals surface area contributed by atoms with Crippen LogP contribution in [0.4, 0.5) is 8.78 Å². The van der Waals surface area contributed by atoms with Crippen molar-refractivity contribution in [1.82, 2.24) is 5.32 Å². The number of carboxylic acids is 1. The number of benzene rings is 1. The highest BCUT2D eigenvalue weighted by Gasteiger charge is 2.43. The first kappa shape index (κ1) is 15.7. The van der Waals surface area contributed by atoms with Gasteiger partial charge in [0, 0.05) is 17.9 Å². The first-order valence-electron chi connectivity index (χ1n) is 6.13. The van der Waals surface area contributed by atoms with Crippen molar-refractivity contribution in [2.24, 2.45) is 0 Å². The van der Waals surface area contributed by atoms with Gasteiger partial charge in [-0.1, -0.05) is 0 Å². The molecule has 2 N–H and O–H groups in total. The number of thioether (sulfide) groups is 1. The van der Waals surface area contributed by atoms with E-state index in [0.29, 0.717) is 4.90 Å². The molecular weight excluding hydrogens is 304 g/mol. The monoisotopic (exact) mass is 317 g/mol. The molecule has 1 heterocycles. The van der Waals surface area contributed by atoms with Gasteiger partial charge in [0.2, 0.25) is 5.91 Å². The predicted octanol–water partition coefficient (Wildman–Crippen LogP) is 1.42. The Morgan fingerprint density at radius 2 is 2.14 bits per heavy atom. The fraction of sp³-hybridized carbons (Fsp3) is 0.385. The van der Waals surface area contributed by atoms with Gasteiger partial charge in [-0.15, -0.1) is 11.8 Å². The number of hydrogen-bond acceptors (Lipinski definition) is 4. The van der Waals surface area contributed by atoms with E-state index in [2.05, 4.69) is 5.32 Å². The molecule has 1 amide bonds. The second kappa shape index (κ2) is 6.40. The van der Waals surface area contributed by atoms with Gasteiger partial charge >= 0.3 is 5.97 Å². The molecule has 0 spiro atoms. The number of amides is 1. The van der Waals surface area contributed by atoms with Crippen LogP contribution in [0.5, 0.6) is 0 Å². The van der Waals surface area contributed by atoms with Crippen LogP contribution in [-0.4, -0.2) is 41.5 Å². The fourth-order valence-electron chi connectivity index (χ4n) is 1.90. The summed E-state index contributed by atoms with van der Waals surface area (Å²) >= 11 is 0.993.